The van der Waals surface area contributed by atoms with Crippen LogP contribution < -0.4 is 5.73 Å². The Morgan fingerprint density at radius 2 is 2.05 bits per heavy atom. The molecule has 3 N–H and O–H groups in total. The zero-order valence-electron chi connectivity index (χ0n) is 11.1. The fourth-order valence-corrected chi connectivity index (χ4v) is 2.43. The number of pyridine rings is 1. The number of nitrogen functional groups attached to an aromatic ring is 1. The van der Waals surface area contributed by atoms with Gasteiger partial charge in [-0.25, -0.2) is 9.97 Å². The molecule has 21 heavy (non-hydrogen) atoms. The van der Waals surface area contributed by atoms with E-state index in [1.807, 2.05) is 41.1 Å². The van der Waals surface area contributed by atoms with Crippen LogP contribution in [-0.4, -0.2) is 24.7 Å². The summed E-state index contributed by atoms with van der Waals surface area (Å²) in [6, 6.07) is 9.84. The third-order valence-electron chi connectivity index (χ3n) is 3.40. The lowest BCUT2D eigenvalue weighted by atomic mass is 10.1. The second kappa shape index (κ2) is 4.45. The molecule has 0 aliphatic heterocycles. The van der Waals surface area contributed by atoms with Crippen molar-refractivity contribution in [1.29, 1.82) is 0 Å². The quantitative estimate of drug-likeness (QED) is 0.588. The lowest BCUT2D eigenvalue weighted by Gasteiger charge is -2.09. The maximum absolute atomic E-state index is 5.93. The molecule has 0 radical (unpaired) electrons. The van der Waals surface area contributed by atoms with Gasteiger partial charge in [-0.1, -0.05) is 12.1 Å². The molecule has 3 heterocycles. The highest BCUT2D eigenvalue weighted by Gasteiger charge is 2.08. The van der Waals surface area contributed by atoms with Crippen molar-refractivity contribution in [2.45, 2.75) is 0 Å². The Labute approximate surface area is 120 Å². The predicted octanol–water partition coefficient (Wildman–Crippen LogP) is 2.39. The Bertz CT molecular complexity index is 893. The maximum Gasteiger partial charge on any atom is 0.126 e. The topological polar surface area (TPSA) is 85.4 Å². The summed E-state index contributed by atoms with van der Waals surface area (Å²) >= 11 is 0. The smallest absolute Gasteiger partial charge is 0.126 e. The molecule has 1 aromatic carbocycles. The minimum Gasteiger partial charge on any atom is -0.384 e. The molecular weight excluding hydrogens is 264 g/mol. The van der Waals surface area contributed by atoms with Crippen LogP contribution in [0.1, 0.15) is 0 Å². The van der Waals surface area contributed by atoms with Gasteiger partial charge in [-0.2, -0.15) is 5.10 Å². The molecule has 4 rings (SSSR count). The third kappa shape index (κ3) is 1.93. The first-order chi connectivity index (χ1) is 10.3. The van der Waals surface area contributed by atoms with Crippen LogP contribution >= 0.6 is 0 Å². The van der Waals surface area contributed by atoms with Crippen LogP contribution in [0.25, 0.3) is 27.8 Å². The summed E-state index contributed by atoms with van der Waals surface area (Å²) in [6.45, 7) is 0. The van der Waals surface area contributed by atoms with Gasteiger partial charge >= 0.3 is 0 Å². The Morgan fingerprint density at radius 1 is 1.10 bits per heavy atom. The Morgan fingerprint density at radius 3 is 2.81 bits per heavy atom. The monoisotopic (exact) mass is 276 g/mol. The number of aromatic amines is 1. The highest BCUT2D eigenvalue weighted by atomic mass is 15.1. The van der Waals surface area contributed by atoms with Crippen LogP contribution in [0.5, 0.6) is 0 Å². The highest BCUT2D eigenvalue weighted by Crippen LogP contribution is 2.27. The lowest BCUT2D eigenvalue weighted by molar-refractivity contribution is 1.07. The first-order valence-corrected chi connectivity index (χ1v) is 6.49. The molecule has 6 heteroatoms. The number of nitrogens with two attached hydrogens (primary N) is 1. The number of hydrogen-bond acceptors (Lipinski definition) is 4. The molecule has 3 aromatic heterocycles. The number of aromatic nitrogens is 5. The van der Waals surface area contributed by atoms with E-state index < -0.39 is 0 Å². The van der Waals surface area contributed by atoms with Gasteiger partial charge in [-0.15, -0.1) is 0 Å². The minimum absolute atomic E-state index is 0.480. The Kier molecular flexibility index (Phi) is 2.47. The lowest BCUT2D eigenvalue weighted by Crippen LogP contribution is -1.98. The number of hydrogen-bond donors (Lipinski definition) is 2. The van der Waals surface area contributed by atoms with E-state index in [9.17, 15) is 0 Å². The van der Waals surface area contributed by atoms with Crippen LogP contribution in [0.15, 0.2) is 55.2 Å². The highest BCUT2D eigenvalue weighted by molar-refractivity contribution is 5.91. The predicted molar refractivity (Wildman–Crippen MR) is 80.9 cm³/mol. The summed E-state index contributed by atoms with van der Waals surface area (Å²) < 4.78 is 1.93. The molecule has 0 aliphatic carbocycles. The van der Waals surface area contributed by atoms with Crippen molar-refractivity contribution in [2.75, 3.05) is 5.73 Å². The summed E-state index contributed by atoms with van der Waals surface area (Å²) in [5.74, 6) is 0.480. The van der Waals surface area contributed by atoms with Gasteiger partial charge in [0.1, 0.15) is 5.82 Å². The van der Waals surface area contributed by atoms with E-state index in [1.165, 1.54) is 0 Å². The largest absolute Gasteiger partial charge is 0.384 e. The van der Waals surface area contributed by atoms with Crippen molar-refractivity contribution in [3.63, 3.8) is 0 Å². The molecule has 102 valence electrons. The van der Waals surface area contributed by atoms with E-state index in [2.05, 4.69) is 20.2 Å². The van der Waals surface area contributed by atoms with Crippen LogP contribution in [-0.2, 0) is 0 Å². The van der Waals surface area contributed by atoms with Crippen molar-refractivity contribution in [2.24, 2.45) is 0 Å². The van der Waals surface area contributed by atoms with Crippen LogP contribution in [0, 0.1) is 0 Å². The molecule has 0 aliphatic rings. The van der Waals surface area contributed by atoms with Gasteiger partial charge in [0.25, 0.3) is 0 Å². The summed E-state index contributed by atoms with van der Waals surface area (Å²) in [4.78, 5) is 8.51. The van der Waals surface area contributed by atoms with Crippen molar-refractivity contribution in [3.05, 3.63) is 55.2 Å². The number of benzene rings is 1. The number of fused-ring (bicyclic) bond motifs is 1. The van der Waals surface area contributed by atoms with E-state index in [0.29, 0.717) is 5.82 Å². The van der Waals surface area contributed by atoms with Gasteiger partial charge in [-0.05, 0) is 12.1 Å². The van der Waals surface area contributed by atoms with E-state index >= 15 is 0 Å². The van der Waals surface area contributed by atoms with Gasteiger partial charge in [-0.3, -0.25) is 5.10 Å². The second-order valence-corrected chi connectivity index (χ2v) is 4.74. The Balaban J connectivity index is 1.97. The maximum atomic E-state index is 5.93. The number of anilines is 1. The van der Waals surface area contributed by atoms with Crippen LogP contribution in [0.4, 0.5) is 5.82 Å². The van der Waals surface area contributed by atoms with Gasteiger partial charge in [0.05, 0.1) is 23.2 Å². The van der Waals surface area contributed by atoms with Crippen LogP contribution in [0.3, 0.4) is 0 Å². The minimum atomic E-state index is 0.480. The summed E-state index contributed by atoms with van der Waals surface area (Å²) in [6.07, 6.45) is 7.10. The summed E-state index contributed by atoms with van der Waals surface area (Å²) in [5.41, 5.74) is 9.71. The zero-order valence-corrected chi connectivity index (χ0v) is 11.1. The van der Waals surface area contributed by atoms with Crippen molar-refractivity contribution < 1.29 is 0 Å². The van der Waals surface area contributed by atoms with E-state index in [-0.39, 0.29) is 0 Å². The molecule has 0 unspecified atom stereocenters. The van der Waals surface area contributed by atoms with E-state index in [1.54, 1.807) is 18.7 Å². The van der Waals surface area contributed by atoms with Crippen LogP contribution in [0.2, 0.25) is 0 Å². The van der Waals surface area contributed by atoms with E-state index in [0.717, 1.165) is 27.8 Å². The summed E-state index contributed by atoms with van der Waals surface area (Å²) in [7, 11) is 0. The van der Waals surface area contributed by atoms with Gasteiger partial charge in [0.15, 0.2) is 0 Å². The zero-order chi connectivity index (χ0) is 14.2. The fourth-order valence-electron chi connectivity index (χ4n) is 2.43. The molecular formula is C15H12N6. The average Bonchev–Trinajstić information content (AvgIpc) is 3.19. The SMILES string of the molecule is Nc1cc(-n2ccnc2)c2ccc(-c3ccn[nH]3)cc2n1. The van der Waals surface area contributed by atoms with Gasteiger partial charge in [0, 0.05) is 35.6 Å². The van der Waals surface area contributed by atoms with Gasteiger partial charge < -0.3 is 10.3 Å². The second-order valence-electron chi connectivity index (χ2n) is 4.74. The van der Waals surface area contributed by atoms with Crippen molar-refractivity contribution in [1.82, 2.24) is 24.7 Å². The Hall–Kier alpha value is -3.15. The molecule has 4 aromatic rings. The molecule has 0 spiro atoms. The standard InChI is InChI=1S/C15H12N6/c16-15-8-14(21-6-5-17-9-21)11-2-1-10(7-13(11)19-15)12-3-4-18-20-12/h1-9H,(H2,16,19)(H,18,20). The van der Waals surface area contributed by atoms with E-state index in [4.69, 9.17) is 5.73 Å². The van der Waals surface area contributed by atoms with Crippen molar-refractivity contribution >= 4 is 16.7 Å². The third-order valence-corrected chi connectivity index (χ3v) is 3.40. The van der Waals surface area contributed by atoms with Crippen molar-refractivity contribution in [3.8, 4) is 16.9 Å². The molecule has 0 saturated heterocycles. The molecule has 0 fully saturated rings. The van der Waals surface area contributed by atoms with Gasteiger partial charge in [0.2, 0.25) is 0 Å². The molecule has 0 saturated carbocycles. The average molecular weight is 276 g/mol. The molecule has 0 amide bonds. The first kappa shape index (κ1) is 11.7. The normalized spacial score (nSPS) is 11.0. The number of imidazole rings is 1. The fraction of sp³-hybridized carbons (Fsp3) is 0. The number of nitrogens with zero attached hydrogens (tertiary/aromatic N) is 4. The summed E-state index contributed by atoms with van der Waals surface area (Å²) in [5, 5.41) is 7.94. The number of H-pyrrole nitrogens is 1. The number of nitrogens with one attached hydrogen (secondary N) is 1. The molecule has 6 nitrogen and oxygen atoms in total. The molecule has 0 bridgehead atoms. The first-order valence-electron chi connectivity index (χ1n) is 6.49. The molecule has 0 atom stereocenters. The number of rotatable bonds is 2.